The molecule has 15 heavy (non-hydrogen) atoms. The van der Waals surface area contributed by atoms with Crippen molar-refractivity contribution < 1.29 is 9.53 Å². The second-order valence-corrected chi connectivity index (χ2v) is 4.97. The highest BCUT2D eigenvalue weighted by molar-refractivity contribution is 8.00. The third-order valence-electron chi connectivity index (χ3n) is 1.80. The van der Waals surface area contributed by atoms with Crippen LogP contribution in [0.2, 0.25) is 0 Å². The van der Waals surface area contributed by atoms with Gasteiger partial charge in [0.25, 0.3) is 0 Å². The summed E-state index contributed by atoms with van der Waals surface area (Å²) in [5, 5.41) is 0.373. The van der Waals surface area contributed by atoms with E-state index in [0.717, 1.165) is 4.90 Å². The van der Waals surface area contributed by atoms with Crippen LogP contribution in [0.1, 0.15) is 24.2 Å². The second kappa shape index (κ2) is 5.07. The molecule has 0 aliphatic rings. The molecule has 0 fully saturated rings. The number of thioether (sulfide) groups is 1. The maximum atomic E-state index is 11.5. The average molecular weight is 225 g/mol. The molecule has 0 unspecified atom stereocenters. The SMILES string of the molecule is COC(=O)c1cccc(N)c1SC(C)C. The molecule has 1 aromatic carbocycles. The molecule has 1 aromatic rings. The quantitative estimate of drug-likeness (QED) is 0.488. The van der Waals surface area contributed by atoms with E-state index < -0.39 is 0 Å². The van der Waals surface area contributed by atoms with Crippen LogP contribution < -0.4 is 5.73 Å². The van der Waals surface area contributed by atoms with Crippen molar-refractivity contribution in [2.75, 3.05) is 12.8 Å². The maximum absolute atomic E-state index is 11.5. The lowest BCUT2D eigenvalue weighted by Crippen LogP contribution is -2.06. The van der Waals surface area contributed by atoms with Gasteiger partial charge in [0.1, 0.15) is 0 Å². The van der Waals surface area contributed by atoms with E-state index in [4.69, 9.17) is 10.5 Å². The molecule has 3 nitrogen and oxygen atoms in total. The predicted molar refractivity (Wildman–Crippen MR) is 63.2 cm³/mol. The number of carbonyl (C=O) groups is 1. The van der Waals surface area contributed by atoms with Gasteiger partial charge in [-0.3, -0.25) is 0 Å². The average Bonchev–Trinajstić information content (AvgIpc) is 2.19. The van der Waals surface area contributed by atoms with Crippen molar-refractivity contribution in [1.82, 2.24) is 0 Å². The molecule has 0 amide bonds. The van der Waals surface area contributed by atoms with Crippen LogP contribution >= 0.6 is 11.8 Å². The minimum Gasteiger partial charge on any atom is -0.465 e. The minimum absolute atomic E-state index is 0.342. The summed E-state index contributed by atoms with van der Waals surface area (Å²) in [6, 6.07) is 5.27. The Morgan fingerprint density at radius 1 is 1.47 bits per heavy atom. The summed E-state index contributed by atoms with van der Waals surface area (Å²) in [6.07, 6.45) is 0. The van der Waals surface area contributed by atoms with Crippen molar-refractivity contribution in [3.63, 3.8) is 0 Å². The molecule has 0 heterocycles. The summed E-state index contributed by atoms with van der Waals surface area (Å²) in [4.78, 5) is 12.3. The Labute approximate surface area is 94.0 Å². The fourth-order valence-electron chi connectivity index (χ4n) is 1.19. The number of esters is 1. The monoisotopic (exact) mass is 225 g/mol. The molecule has 0 bridgehead atoms. The predicted octanol–water partition coefficient (Wildman–Crippen LogP) is 2.56. The fraction of sp³-hybridized carbons (Fsp3) is 0.364. The highest BCUT2D eigenvalue weighted by Gasteiger charge is 2.15. The van der Waals surface area contributed by atoms with Gasteiger partial charge >= 0.3 is 5.97 Å². The Hall–Kier alpha value is -1.16. The van der Waals surface area contributed by atoms with E-state index in [9.17, 15) is 4.79 Å². The van der Waals surface area contributed by atoms with Gasteiger partial charge in [-0.1, -0.05) is 19.9 Å². The van der Waals surface area contributed by atoms with Crippen LogP contribution in [-0.4, -0.2) is 18.3 Å². The number of benzene rings is 1. The molecular weight excluding hydrogens is 210 g/mol. The van der Waals surface area contributed by atoms with E-state index in [1.54, 1.807) is 30.0 Å². The van der Waals surface area contributed by atoms with E-state index in [1.165, 1.54) is 7.11 Å². The molecule has 2 N–H and O–H groups in total. The molecule has 0 aliphatic carbocycles. The molecule has 0 saturated carbocycles. The number of rotatable bonds is 3. The van der Waals surface area contributed by atoms with E-state index in [2.05, 4.69) is 13.8 Å². The Kier molecular flexibility index (Phi) is 4.03. The molecular formula is C11H15NO2S. The number of hydrogen-bond acceptors (Lipinski definition) is 4. The van der Waals surface area contributed by atoms with Crippen LogP contribution in [-0.2, 0) is 4.74 Å². The summed E-state index contributed by atoms with van der Waals surface area (Å²) < 4.78 is 4.71. The first-order valence-corrected chi connectivity index (χ1v) is 5.57. The number of carbonyl (C=O) groups excluding carboxylic acids is 1. The summed E-state index contributed by atoms with van der Waals surface area (Å²) >= 11 is 1.57. The lowest BCUT2D eigenvalue weighted by Gasteiger charge is -2.12. The van der Waals surface area contributed by atoms with E-state index in [0.29, 0.717) is 16.5 Å². The lowest BCUT2D eigenvalue weighted by atomic mass is 10.2. The van der Waals surface area contributed by atoms with Crippen LogP contribution in [0.25, 0.3) is 0 Å². The van der Waals surface area contributed by atoms with Gasteiger partial charge in [-0.2, -0.15) is 0 Å². The number of ether oxygens (including phenoxy) is 1. The fourth-order valence-corrected chi connectivity index (χ4v) is 2.15. The van der Waals surface area contributed by atoms with Crippen LogP contribution in [0.15, 0.2) is 23.1 Å². The number of nitrogen functional groups attached to an aromatic ring is 1. The molecule has 0 spiro atoms. The van der Waals surface area contributed by atoms with Crippen molar-refractivity contribution >= 4 is 23.4 Å². The van der Waals surface area contributed by atoms with Crippen LogP contribution in [0.3, 0.4) is 0 Å². The Morgan fingerprint density at radius 3 is 2.67 bits per heavy atom. The molecule has 0 atom stereocenters. The number of anilines is 1. The highest BCUT2D eigenvalue weighted by Crippen LogP contribution is 2.32. The molecule has 0 aromatic heterocycles. The van der Waals surface area contributed by atoms with E-state index in [-0.39, 0.29) is 5.97 Å². The zero-order chi connectivity index (χ0) is 11.4. The Morgan fingerprint density at radius 2 is 2.13 bits per heavy atom. The molecule has 4 heteroatoms. The summed E-state index contributed by atoms with van der Waals surface area (Å²) in [5.41, 5.74) is 6.99. The maximum Gasteiger partial charge on any atom is 0.339 e. The topological polar surface area (TPSA) is 52.3 Å². The Bertz CT molecular complexity index is 364. The van der Waals surface area contributed by atoms with Gasteiger partial charge in [0.15, 0.2) is 0 Å². The largest absolute Gasteiger partial charge is 0.465 e. The van der Waals surface area contributed by atoms with Gasteiger partial charge < -0.3 is 10.5 Å². The molecule has 1 rings (SSSR count). The van der Waals surface area contributed by atoms with Crippen LogP contribution in [0.4, 0.5) is 5.69 Å². The molecule has 0 aliphatic heterocycles. The minimum atomic E-state index is -0.342. The lowest BCUT2D eigenvalue weighted by molar-refractivity contribution is 0.0597. The zero-order valence-corrected chi connectivity index (χ0v) is 9.93. The first kappa shape index (κ1) is 11.9. The number of hydrogen-bond donors (Lipinski definition) is 1. The molecule has 0 radical (unpaired) electrons. The number of methoxy groups -OCH3 is 1. The summed E-state index contributed by atoms with van der Waals surface area (Å²) in [6.45, 7) is 4.11. The zero-order valence-electron chi connectivity index (χ0n) is 9.11. The van der Waals surface area contributed by atoms with Crippen LogP contribution in [0.5, 0.6) is 0 Å². The second-order valence-electron chi connectivity index (χ2n) is 3.38. The van der Waals surface area contributed by atoms with Gasteiger partial charge in [0, 0.05) is 15.8 Å². The first-order valence-electron chi connectivity index (χ1n) is 4.69. The smallest absolute Gasteiger partial charge is 0.339 e. The van der Waals surface area contributed by atoms with E-state index >= 15 is 0 Å². The highest BCUT2D eigenvalue weighted by atomic mass is 32.2. The van der Waals surface area contributed by atoms with Crippen molar-refractivity contribution in [1.29, 1.82) is 0 Å². The van der Waals surface area contributed by atoms with Gasteiger partial charge in [0.05, 0.1) is 12.7 Å². The summed E-state index contributed by atoms with van der Waals surface area (Å²) in [5.74, 6) is -0.342. The van der Waals surface area contributed by atoms with Crippen molar-refractivity contribution in [2.24, 2.45) is 0 Å². The Balaban J connectivity index is 3.14. The third-order valence-corrected chi connectivity index (χ3v) is 2.97. The van der Waals surface area contributed by atoms with E-state index in [1.807, 2.05) is 0 Å². The van der Waals surface area contributed by atoms with Gasteiger partial charge in [-0.15, -0.1) is 11.8 Å². The molecule has 82 valence electrons. The van der Waals surface area contributed by atoms with Gasteiger partial charge in [-0.05, 0) is 12.1 Å². The first-order chi connectivity index (χ1) is 7.06. The van der Waals surface area contributed by atoms with Crippen molar-refractivity contribution in [2.45, 2.75) is 24.0 Å². The van der Waals surface area contributed by atoms with Crippen molar-refractivity contribution in [3.8, 4) is 0 Å². The van der Waals surface area contributed by atoms with Gasteiger partial charge in [-0.25, -0.2) is 4.79 Å². The number of nitrogens with two attached hydrogens (primary N) is 1. The van der Waals surface area contributed by atoms with Crippen molar-refractivity contribution in [3.05, 3.63) is 23.8 Å². The third kappa shape index (κ3) is 2.89. The standard InChI is InChI=1S/C11H15NO2S/c1-7(2)15-10-8(11(13)14-3)5-4-6-9(10)12/h4-7H,12H2,1-3H3. The molecule has 0 saturated heterocycles. The normalized spacial score (nSPS) is 10.4. The van der Waals surface area contributed by atoms with Gasteiger partial charge in [0.2, 0.25) is 0 Å². The summed E-state index contributed by atoms with van der Waals surface area (Å²) in [7, 11) is 1.37. The van der Waals surface area contributed by atoms with Crippen LogP contribution in [0, 0.1) is 0 Å².